The Kier molecular flexibility index (Phi) is 5.48. The van der Waals surface area contributed by atoms with Gasteiger partial charge in [0.15, 0.2) is 0 Å². The fraction of sp³-hybridized carbons (Fsp3) is 0.538. The predicted molar refractivity (Wildman–Crippen MR) is 75.6 cm³/mol. The Hall–Kier alpha value is 0.100. The van der Waals surface area contributed by atoms with E-state index >= 15 is 0 Å². The Morgan fingerprint density at radius 1 is 1.41 bits per heavy atom. The van der Waals surface area contributed by atoms with E-state index in [4.69, 9.17) is 9.47 Å². The predicted octanol–water partition coefficient (Wildman–Crippen LogP) is 4.08. The van der Waals surface area contributed by atoms with E-state index in [9.17, 15) is 0 Å². The zero-order valence-corrected chi connectivity index (χ0v) is 12.7. The van der Waals surface area contributed by atoms with E-state index in [2.05, 4.69) is 37.9 Å². The van der Waals surface area contributed by atoms with Crippen LogP contribution in [0.3, 0.4) is 0 Å². The summed E-state index contributed by atoms with van der Waals surface area (Å²) in [6.07, 6.45) is 2.63. The van der Waals surface area contributed by atoms with Gasteiger partial charge < -0.3 is 9.47 Å². The van der Waals surface area contributed by atoms with Crippen LogP contribution in [0.5, 0.6) is 0 Å². The highest BCUT2D eigenvalue weighted by Gasteiger charge is 2.19. The van der Waals surface area contributed by atoms with Gasteiger partial charge in [-0.15, -0.1) is 0 Å². The van der Waals surface area contributed by atoms with Gasteiger partial charge in [-0.3, -0.25) is 0 Å². The summed E-state index contributed by atoms with van der Waals surface area (Å²) in [5.41, 5.74) is 1.18. The molecule has 2 atom stereocenters. The zero-order chi connectivity index (χ0) is 12.1. The van der Waals surface area contributed by atoms with Crippen molar-refractivity contribution in [1.82, 2.24) is 0 Å². The molecule has 1 saturated heterocycles. The average Bonchev–Trinajstić information content (AvgIpc) is 2.85. The molecular formula is C13H16Br2O2. The van der Waals surface area contributed by atoms with Crippen molar-refractivity contribution in [2.75, 3.05) is 18.5 Å². The maximum atomic E-state index is 5.94. The Morgan fingerprint density at radius 2 is 2.24 bits per heavy atom. The summed E-state index contributed by atoms with van der Waals surface area (Å²) >= 11 is 7.07. The third-order valence-corrected chi connectivity index (χ3v) is 4.21. The van der Waals surface area contributed by atoms with Gasteiger partial charge in [0.05, 0.1) is 18.8 Å². The number of rotatable bonds is 5. The second-order valence-electron chi connectivity index (χ2n) is 4.13. The van der Waals surface area contributed by atoms with E-state index in [1.165, 1.54) is 5.56 Å². The van der Waals surface area contributed by atoms with Crippen LogP contribution in [0, 0.1) is 0 Å². The lowest BCUT2D eigenvalue weighted by molar-refractivity contribution is -0.0129. The number of hydrogen-bond acceptors (Lipinski definition) is 2. The van der Waals surface area contributed by atoms with E-state index in [-0.39, 0.29) is 12.2 Å². The molecule has 2 unspecified atom stereocenters. The lowest BCUT2D eigenvalue weighted by atomic mass is 10.1. The first kappa shape index (κ1) is 13.5. The standard InChI is InChI=1S/C13H16Br2O2/c14-8-13(11-5-1-2-6-12(11)15)17-9-10-4-3-7-16-10/h1-2,5-6,10,13H,3-4,7-9H2. The van der Waals surface area contributed by atoms with Gasteiger partial charge in [-0.1, -0.05) is 50.1 Å². The normalized spacial score (nSPS) is 21.6. The van der Waals surface area contributed by atoms with E-state index in [0.717, 1.165) is 29.3 Å². The van der Waals surface area contributed by atoms with E-state index in [1.807, 2.05) is 18.2 Å². The molecule has 0 spiro atoms. The summed E-state index contributed by atoms with van der Waals surface area (Å²) in [7, 11) is 0. The van der Waals surface area contributed by atoms with Gasteiger partial charge in [0, 0.05) is 16.4 Å². The summed E-state index contributed by atoms with van der Waals surface area (Å²) < 4.78 is 12.6. The number of alkyl halides is 1. The van der Waals surface area contributed by atoms with Crippen molar-refractivity contribution < 1.29 is 9.47 Å². The van der Waals surface area contributed by atoms with Crippen LogP contribution in [0.1, 0.15) is 24.5 Å². The molecule has 1 fully saturated rings. The van der Waals surface area contributed by atoms with Gasteiger partial charge in [0.25, 0.3) is 0 Å². The molecule has 1 aliphatic heterocycles. The minimum Gasteiger partial charge on any atom is -0.376 e. The molecule has 0 bridgehead atoms. The van der Waals surface area contributed by atoms with Crippen LogP contribution in [0.4, 0.5) is 0 Å². The second kappa shape index (κ2) is 6.88. The fourth-order valence-corrected chi connectivity index (χ4v) is 3.03. The van der Waals surface area contributed by atoms with Crippen molar-refractivity contribution >= 4 is 31.9 Å². The highest BCUT2D eigenvalue weighted by molar-refractivity contribution is 9.10. The van der Waals surface area contributed by atoms with Gasteiger partial charge in [-0.2, -0.15) is 0 Å². The third-order valence-electron chi connectivity index (χ3n) is 2.90. The molecule has 0 aliphatic carbocycles. The van der Waals surface area contributed by atoms with E-state index < -0.39 is 0 Å². The minimum absolute atomic E-state index is 0.0785. The average molecular weight is 364 g/mol. The Balaban J connectivity index is 1.94. The fourth-order valence-electron chi connectivity index (χ4n) is 1.95. The summed E-state index contributed by atoms with van der Waals surface area (Å²) in [5, 5.41) is 0.794. The number of hydrogen-bond donors (Lipinski definition) is 0. The lowest BCUT2D eigenvalue weighted by Crippen LogP contribution is -2.17. The molecule has 0 aromatic heterocycles. The van der Waals surface area contributed by atoms with Crippen LogP contribution in [0.15, 0.2) is 28.7 Å². The van der Waals surface area contributed by atoms with E-state index in [0.29, 0.717) is 6.61 Å². The maximum absolute atomic E-state index is 5.94. The van der Waals surface area contributed by atoms with Gasteiger partial charge in [-0.05, 0) is 24.5 Å². The Morgan fingerprint density at radius 3 is 2.88 bits per heavy atom. The van der Waals surface area contributed by atoms with Crippen LogP contribution < -0.4 is 0 Å². The Bertz CT molecular complexity index is 351. The second-order valence-corrected chi connectivity index (χ2v) is 5.63. The van der Waals surface area contributed by atoms with Crippen molar-refractivity contribution in [3.8, 4) is 0 Å². The summed E-state index contributed by atoms with van der Waals surface area (Å²) in [6, 6.07) is 8.18. The monoisotopic (exact) mass is 362 g/mol. The molecule has 1 aromatic carbocycles. The summed E-state index contributed by atoms with van der Waals surface area (Å²) in [6.45, 7) is 1.56. The molecule has 1 aliphatic rings. The van der Waals surface area contributed by atoms with Crippen molar-refractivity contribution in [3.63, 3.8) is 0 Å². The number of halogens is 2. The summed E-state index contributed by atoms with van der Waals surface area (Å²) in [5.74, 6) is 0. The first-order valence-electron chi connectivity index (χ1n) is 5.85. The topological polar surface area (TPSA) is 18.5 Å². The van der Waals surface area contributed by atoms with Crippen molar-refractivity contribution in [2.24, 2.45) is 0 Å². The number of ether oxygens (including phenoxy) is 2. The molecular weight excluding hydrogens is 348 g/mol. The van der Waals surface area contributed by atoms with Gasteiger partial charge >= 0.3 is 0 Å². The Labute approximate surface area is 119 Å². The minimum atomic E-state index is 0.0785. The van der Waals surface area contributed by atoms with Crippen molar-refractivity contribution in [2.45, 2.75) is 25.0 Å². The van der Waals surface area contributed by atoms with Crippen LogP contribution in [0.25, 0.3) is 0 Å². The van der Waals surface area contributed by atoms with Crippen LogP contribution in [-0.2, 0) is 9.47 Å². The highest BCUT2D eigenvalue weighted by Crippen LogP contribution is 2.28. The number of benzene rings is 1. The summed E-state index contributed by atoms with van der Waals surface area (Å²) in [4.78, 5) is 0. The van der Waals surface area contributed by atoms with E-state index in [1.54, 1.807) is 0 Å². The molecule has 0 N–H and O–H groups in total. The molecule has 94 valence electrons. The van der Waals surface area contributed by atoms with Crippen LogP contribution in [0.2, 0.25) is 0 Å². The van der Waals surface area contributed by atoms with Crippen molar-refractivity contribution in [1.29, 1.82) is 0 Å². The van der Waals surface area contributed by atoms with Gasteiger partial charge in [-0.25, -0.2) is 0 Å². The first-order valence-corrected chi connectivity index (χ1v) is 7.76. The molecule has 17 heavy (non-hydrogen) atoms. The highest BCUT2D eigenvalue weighted by atomic mass is 79.9. The molecule has 0 radical (unpaired) electrons. The molecule has 4 heteroatoms. The van der Waals surface area contributed by atoms with Crippen molar-refractivity contribution in [3.05, 3.63) is 34.3 Å². The van der Waals surface area contributed by atoms with Crippen LogP contribution in [-0.4, -0.2) is 24.6 Å². The van der Waals surface area contributed by atoms with Gasteiger partial charge in [0.2, 0.25) is 0 Å². The molecule has 1 aromatic rings. The zero-order valence-electron chi connectivity index (χ0n) is 9.57. The molecule has 2 nitrogen and oxygen atoms in total. The molecule has 0 amide bonds. The SMILES string of the molecule is BrCC(OCC1CCCO1)c1ccccc1Br. The maximum Gasteiger partial charge on any atom is 0.0933 e. The molecule has 0 saturated carbocycles. The largest absolute Gasteiger partial charge is 0.376 e. The molecule has 2 rings (SSSR count). The molecule has 1 heterocycles. The lowest BCUT2D eigenvalue weighted by Gasteiger charge is -2.19. The van der Waals surface area contributed by atoms with Gasteiger partial charge in [0.1, 0.15) is 0 Å². The quantitative estimate of drug-likeness (QED) is 0.734. The first-order chi connectivity index (χ1) is 8.31. The smallest absolute Gasteiger partial charge is 0.0933 e. The third kappa shape index (κ3) is 3.78. The van der Waals surface area contributed by atoms with Crippen LogP contribution >= 0.6 is 31.9 Å².